The van der Waals surface area contributed by atoms with Gasteiger partial charge in [0.25, 0.3) is 0 Å². The molecule has 0 aliphatic heterocycles. The maximum Gasteiger partial charge on any atom is 0.416 e. The van der Waals surface area contributed by atoms with Crippen molar-refractivity contribution in [3.63, 3.8) is 0 Å². The molecule has 0 fully saturated rings. The fourth-order valence-electron chi connectivity index (χ4n) is 11.4. The van der Waals surface area contributed by atoms with E-state index < -0.39 is 34.9 Å². The number of alkyl halides is 6. The number of benzene rings is 8. The highest BCUT2D eigenvalue weighted by Gasteiger charge is 2.33. The first-order valence-electron chi connectivity index (χ1n) is 26.8. The fourth-order valence-corrected chi connectivity index (χ4v) is 11.7. The summed E-state index contributed by atoms with van der Waals surface area (Å²) in [6, 6.07) is 71.6. The molecule has 8 heterocycles. The number of rotatable bonds is 5. The van der Waals surface area contributed by atoms with Gasteiger partial charge in [0, 0.05) is 32.3 Å². The number of hydrogen-bond acceptors (Lipinski definition) is 5. The van der Waals surface area contributed by atoms with Gasteiger partial charge in [-0.2, -0.15) is 26.3 Å². The van der Waals surface area contributed by atoms with Crippen LogP contribution in [0.5, 0.6) is 0 Å². The van der Waals surface area contributed by atoms with Crippen molar-refractivity contribution in [3.8, 4) is 29.1 Å². The van der Waals surface area contributed by atoms with E-state index in [0.29, 0.717) is 17.2 Å². The van der Waals surface area contributed by atoms with E-state index in [9.17, 15) is 35.9 Å². The number of fused-ring (bicyclic) bond motifs is 11. The molecule has 0 saturated carbocycles. The van der Waals surface area contributed by atoms with Crippen molar-refractivity contribution < 1.29 is 26.3 Å². The molecule has 0 saturated heterocycles. The number of halogens is 7. The predicted molar refractivity (Wildman–Crippen MR) is 328 cm³/mol. The van der Waals surface area contributed by atoms with Gasteiger partial charge >= 0.3 is 23.7 Å². The Bertz CT molecular complexity index is 5290. The topological polar surface area (TPSA) is 129 Å². The lowest BCUT2D eigenvalue weighted by Gasteiger charge is -2.10. The first kappa shape index (κ1) is 53.2. The summed E-state index contributed by atoms with van der Waals surface area (Å²) in [4.78, 5) is 44.5. The van der Waals surface area contributed by atoms with E-state index in [1.54, 1.807) is 24.3 Å². The van der Waals surface area contributed by atoms with E-state index in [1.165, 1.54) is 43.1 Å². The van der Waals surface area contributed by atoms with Crippen molar-refractivity contribution in [2.75, 3.05) is 0 Å². The van der Waals surface area contributed by atoms with Gasteiger partial charge in [-0.1, -0.05) is 127 Å². The van der Waals surface area contributed by atoms with Gasteiger partial charge in [-0.15, -0.1) is 0 Å². The van der Waals surface area contributed by atoms with Crippen LogP contribution in [0.1, 0.15) is 11.1 Å². The SMILES string of the molecule is Brc1cccc(-n2c3ccccc3c3ccccc32)n1.O=c1[nH]c2ccc(C(F)(F)F)cc2[nH]1.O=c1n(-c2cccc(-n3c4ccccc4c4ccccc43)n2)c2ccc(C(F)(F)F)cc2n1-c1cccc(-n2c3ccccc3c3ccccc32)n1. The molecule has 2 N–H and O–H groups in total. The van der Waals surface area contributed by atoms with Crippen LogP contribution in [-0.2, 0) is 12.4 Å². The third-order valence-electron chi connectivity index (χ3n) is 15.0. The number of pyridine rings is 3. The highest BCUT2D eigenvalue weighted by Crippen LogP contribution is 2.37. The number of aromatic amines is 2. The van der Waals surface area contributed by atoms with Gasteiger partial charge in [0.05, 0.1) is 66.3 Å². The molecule has 16 aromatic rings. The van der Waals surface area contributed by atoms with Crippen LogP contribution < -0.4 is 11.4 Å². The first-order chi connectivity index (χ1) is 41.7. The number of nitrogens with zero attached hydrogens (tertiary/aromatic N) is 8. The molecule has 16 rings (SSSR count). The Kier molecular flexibility index (Phi) is 12.9. The average Bonchev–Trinajstić information content (AvgIpc) is 1.76. The van der Waals surface area contributed by atoms with Gasteiger partial charge in [-0.3, -0.25) is 13.7 Å². The van der Waals surface area contributed by atoms with E-state index in [1.807, 2.05) is 124 Å². The van der Waals surface area contributed by atoms with Crippen LogP contribution in [0, 0.1) is 0 Å². The zero-order valence-corrected chi connectivity index (χ0v) is 46.1. The Morgan fingerprint density at radius 3 is 1.03 bits per heavy atom. The minimum absolute atomic E-state index is 0.0516. The summed E-state index contributed by atoms with van der Waals surface area (Å²) in [5, 5.41) is 6.67. The van der Waals surface area contributed by atoms with Gasteiger partial charge in [0.15, 0.2) is 0 Å². The van der Waals surface area contributed by atoms with Crippen molar-refractivity contribution in [2.45, 2.75) is 12.4 Å². The minimum atomic E-state index is -4.63. The van der Waals surface area contributed by atoms with Crippen molar-refractivity contribution in [2.24, 2.45) is 0 Å². The van der Waals surface area contributed by atoms with Crippen LogP contribution in [0.25, 0.3) is 117 Å². The quantitative estimate of drug-likeness (QED) is 0.131. The lowest BCUT2D eigenvalue weighted by atomic mass is 10.2. The predicted octanol–water partition coefficient (Wildman–Crippen LogP) is 16.6. The molecule has 0 bridgehead atoms. The summed E-state index contributed by atoms with van der Waals surface area (Å²) >= 11 is 3.45. The Morgan fingerprint density at radius 2 is 0.640 bits per heavy atom. The van der Waals surface area contributed by atoms with Gasteiger partial charge in [0.2, 0.25) is 0 Å². The maximum absolute atomic E-state index is 14.6. The second-order valence-electron chi connectivity index (χ2n) is 20.1. The third-order valence-corrected chi connectivity index (χ3v) is 15.5. The molecule has 0 atom stereocenters. The molecule has 0 radical (unpaired) electrons. The number of H-pyrrole nitrogens is 2. The van der Waals surface area contributed by atoms with E-state index in [2.05, 4.69) is 96.1 Å². The largest absolute Gasteiger partial charge is 0.416 e. The van der Waals surface area contributed by atoms with Gasteiger partial charge in [-0.25, -0.2) is 33.7 Å². The third kappa shape index (κ3) is 9.24. The Hall–Kier alpha value is -10.8. The van der Waals surface area contributed by atoms with Crippen LogP contribution >= 0.6 is 15.9 Å². The standard InChI is InChI=1S/C42H25F3N6O.C17H11BrN2.C8H5F3N2O/c43-42(44,45)26-23-24-35-36(25-26)51(40-22-10-20-38(47-40)49-33-17-7-3-13-29(33)30-14-4-8-18-34(30)49)41(52)50(35)39-21-9-19-37(46-39)48-31-15-5-1-11-27(31)28-12-2-6-16-32(28)48;18-16-10-5-11-17(19-16)20-14-8-3-1-6-12(14)13-7-2-4-9-15(13)20;9-8(10,11)4-1-2-5-6(3-4)13-7(14)12-5/h1-25H;1-11H;1-3H,(H2,12,13,14). The number of hydrogen-bond donors (Lipinski definition) is 2. The monoisotopic (exact) mass is 1210 g/mol. The molecule has 420 valence electrons. The smallest absolute Gasteiger partial charge is 0.306 e. The molecular formula is C67H41BrF6N10O2. The van der Waals surface area contributed by atoms with Gasteiger partial charge in [-0.05, 0) is 125 Å². The van der Waals surface area contributed by atoms with Crippen LogP contribution in [0.2, 0.25) is 0 Å². The molecule has 19 heteroatoms. The van der Waals surface area contributed by atoms with E-state index in [4.69, 9.17) is 9.97 Å². The summed E-state index contributed by atoms with van der Waals surface area (Å²) in [6.45, 7) is 0. The summed E-state index contributed by atoms with van der Waals surface area (Å²) in [5.41, 5.74) is 4.11. The summed E-state index contributed by atoms with van der Waals surface area (Å²) in [7, 11) is 0. The lowest BCUT2D eigenvalue weighted by Crippen LogP contribution is -2.24. The second kappa shape index (κ2) is 20.8. The summed E-state index contributed by atoms with van der Waals surface area (Å²) in [5.74, 6) is 2.43. The first-order valence-corrected chi connectivity index (χ1v) is 27.6. The van der Waals surface area contributed by atoms with E-state index in [-0.39, 0.29) is 28.2 Å². The number of aromatic nitrogens is 10. The van der Waals surface area contributed by atoms with Crippen molar-refractivity contribution in [1.82, 2.24) is 47.8 Å². The number of nitrogens with one attached hydrogen (secondary N) is 2. The van der Waals surface area contributed by atoms with Crippen molar-refractivity contribution in [1.29, 1.82) is 0 Å². The molecule has 0 aliphatic carbocycles. The Labute approximate surface area is 489 Å². The normalized spacial score (nSPS) is 12.0. The highest BCUT2D eigenvalue weighted by molar-refractivity contribution is 9.10. The molecule has 12 nitrogen and oxygen atoms in total. The zero-order valence-electron chi connectivity index (χ0n) is 44.6. The highest BCUT2D eigenvalue weighted by atomic mass is 79.9. The van der Waals surface area contributed by atoms with Gasteiger partial charge in [0.1, 0.15) is 33.7 Å². The molecule has 0 unspecified atom stereocenters. The second-order valence-corrected chi connectivity index (χ2v) is 20.9. The molecular weight excluding hydrogens is 1170 g/mol. The number of para-hydroxylation sites is 6. The van der Waals surface area contributed by atoms with Crippen LogP contribution in [0.3, 0.4) is 0 Å². The Morgan fingerprint density at radius 1 is 0.314 bits per heavy atom. The zero-order chi connectivity index (χ0) is 59.0. The molecule has 8 aromatic heterocycles. The lowest BCUT2D eigenvalue weighted by molar-refractivity contribution is -0.138. The molecule has 0 spiro atoms. The molecule has 0 amide bonds. The Balaban J connectivity index is 0.000000155. The fraction of sp³-hybridized carbons (Fsp3) is 0.0299. The molecule has 8 aromatic carbocycles. The molecule has 0 aliphatic rings. The maximum atomic E-state index is 14.6. The summed E-state index contributed by atoms with van der Waals surface area (Å²) < 4.78 is 88.8. The minimum Gasteiger partial charge on any atom is -0.306 e. The van der Waals surface area contributed by atoms with Crippen LogP contribution in [0.4, 0.5) is 26.3 Å². The molecule has 86 heavy (non-hydrogen) atoms. The van der Waals surface area contributed by atoms with Crippen molar-refractivity contribution in [3.05, 3.63) is 273 Å². The summed E-state index contributed by atoms with van der Waals surface area (Å²) in [6.07, 6.45) is -9.02. The van der Waals surface area contributed by atoms with Crippen molar-refractivity contribution >= 4 is 103 Å². The number of imidazole rings is 2. The van der Waals surface area contributed by atoms with E-state index in [0.717, 1.165) is 78.3 Å². The van der Waals surface area contributed by atoms with E-state index >= 15 is 0 Å². The van der Waals surface area contributed by atoms with Gasteiger partial charge < -0.3 is 9.97 Å². The average molecular weight is 1210 g/mol. The van der Waals surface area contributed by atoms with Crippen LogP contribution in [0.15, 0.2) is 251 Å². The van der Waals surface area contributed by atoms with Crippen LogP contribution in [-0.4, -0.2) is 47.8 Å².